The second kappa shape index (κ2) is 8.21. The van der Waals surface area contributed by atoms with Crippen molar-refractivity contribution in [1.82, 2.24) is 0 Å². The Labute approximate surface area is 148 Å². The molecule has 0 amide bonds. The first-order chi connectivity index (χ1) is 11.7. The first kappa shape index (κ1) is 19.1. The van der Waals surface area contributed by atoms with E-state index in [9.17, 15) is 4.79 Å². The van der Waals surface area contributed by atoms with E-state index in [4.69, 9.17) is 34.7 Å². The van der Waals surface area contributed by atoms with Crippen LogP contribution in [0, 0.1) is 10.2 Å². The van der Waals surface area contributed by atoms with Crippen LogP contribution in [-0.2, 0) is 0 Å². The number of hydrogen-bond acceptors (Lipinski definition) is 6. The van der Waals surface area contributed by atoms with Crippen LogP contribution in [0.2, 0.25) is 5.02 Å². The Morgan fingerprint density at radius 3 is 2.20 bits per heavy atom. The van der Waals surface area contributed by atoms with Crippen molar-refractivity contribution in [2.75, 3.05) is 0 Å². The van der Waals surface area contributed by atoms with Gasteiger partial charge >= 0.3 is 11.4 Å². The molecule has 0 fully saturated rings. The van der Waals surface area contributed by atoms with E-state index in [2.05, 4.69) is 4.98 Å². The smallest absolute Gasteiger partial charge is 0.404 e. The summed E-state index contributed by atoms with van der Waals surface area (Å²) >= 11 is 5.82. The number of halogens is 2. The molecule has 0 saturated heterocycles. The standard InChI is InChI=1S/C16H10ClNO2.ClHO4/c17-12-8-5-11(6-9-12)7-10-15-18-16(19)13-3-1-2-4-14(13)20-15;2-1(3,4)5/h1-10H;(H,2,3,4,5). The third kappa shape index (κ3) is 6.63. The molecule has 3 aromatic rings. The van der Waals surface area contributed by atoms with Gasteiger partial charge in [-0.15, -0.1) is 15.2 Å². The number of fused-ring (bicyclic) bond motifs is 1. The monoisotopic (exact) mass is 383 g/mol. The van der Waals surface area contributed by atoms with Gasteiger partial charge in [-0.2, -0.15) is 0 Å². The predicted molar refractivity (Wildman–Crippen MR) is 79.4 cm³/mol. The fraction of sp³-hybridized carbons (Fsp3) is 0. The third-order valence-electron chi connectivity index (χ3n) is 2.89. The Kier molecular flexibility index (Phi) is 6.27. The number of hydrogen-bond donors (Lipinski definition) is 0. The van der Waals surface area contributed by atoms with Crippen LogP contribution < -0.4 is 29.2 Å². The van der Waals surface area contributed by atoms with Gasteiger partial charge in [0.2, 0.25) is 0 Å². The van der Waals surface area contributed by atoms with Crippen LogP contribution in [0.15, 0.2) is 57.7 Å². The number of rotatable bonds is 2. The molecule has 0 aliphatic rings. The molecule has 3 rings (SSSR count). The topological polar surface area (TPSA) is 137 Å². The molecular weight excluding hydrogens is 373 g/mol. The maximum atomic E-state index is 11.9. The lowest BCUT2D eigenvalue weighted by molar-refractivity contribution is -2.00. The van der Waals surface area contributed by atoms with Crippen LogP contribution in [0.25, 0.3) is 23.1 Å². The van der Waals surface area contributed by atoms with Crippen LogP contribution >= 0.6 is 11.6 Å². The van der Waals surface area contributed by atoms with Gasteiger partial charge in [-0.3, -0.25) is 0 Å². The number of para-hydroxylation sites is 1. The van der Waals surface area contributed by atoms with Gasteiger partial charge in [-0.05, 0) is 35.9 Å². The van der Waals surface area contributed by atoms with Crippen molar-refractivity contribution >= 4 is 34.7 Å². The zero-order valence-electron chi connectivity index (χ0n) is 12.5. The Hall–Kier alpha value is -2.26. The summed E-state index contributed by atoms with van der Waals surface area (Å²) in [4.78, 5) is 14.6. The highest BCUT2D eigenvalue weighted by atomic mass is 35.7. The summed E-state index contributed by atoms with van der Waals surface area (Å²) in [5.41, 5.74) is 1.37. The fourth-order valence-electron chi connectivity index (χ4n) is 1.89. The maximum absolute atomic E-state index is 11.9. The first-order valence-electron chi connectivity index (χ1n) is 6.73. The molecule has 25 heavy (non-hydrogen) atoms. The first-order valence-corrected chi connectivity index (χ1v) is 8.34. The molecule has 0 radical (unpaired) electrons. The molecule has 1 aromatic heterocycles. The Morgan fingerprint density at radius 2 is 1.56 bits per heavy atom. The predicted octanol–water partition coefficient (Wildman–Crippen LogP) is -1.33. The van der Waals surface area contributed by atoms with Gasteiger partial charge in [0.25, 0.3) is 0 Å². The SMILES string of the molecule is O=c1[nH+]c(C=Cc2ccc(Cl)cc2)oc2ccccc12.[O-][Cl+3]([O-])([O-])[O-]. The van der Waals surface area contributed by atoms with E-state index in [0.29, 0.717) is 21.9 Å². The van der Waals surface area contributed by atoms with Gasteiger partial charge in [-0.1, -0.05) is 35.9 Å². The molecular formula is C16H11Cl2NO6. The quantitative estimate of drug-likeness (QED) is 0.537. The summed E-state index contributed by atoms with van der Waals surface area (Å²) in [5, 5.41) is 1.22. The van der Waals surface area contributed by atoms with Gasteiger partial charge in [-0.25, -0.2) is 23.4 Å². The number of aromatic nitrogens is 1. The fourth-order valence-corrected chi connectivity index (χ4v) is 2.01. The molecule has 1 N–H and O–H groups in total. The molecule has 0 aliphatic carbocycles. The summed E-state index contributed by atoms with van der Waals surface area (Å²) in [6, 6.07) is 14.5. The number of benzene rings is 2. The van der Waals surface area contributed by atoms with Gasteiger partial charge in [0, 0.05) is 5.02 Å². The van der Waals surface area contributed by atoms with Gasteiger partial charge in [0.1, 0.15) is 5.39 Å². The lowest BCUT2D eigenvalue weighted by atomic mass is 10.2. The Bertz CT molecular complexity index is 926. The van der Waals surface area contributed by atoms with E-state index in [0.717, 1.165) is 5.56 Å². The number of nitrogens with one attached hydrogen (secondary N) is 1. The van der Waals surface area contributed by atoms with E-state index in [1.807, 2.05) is 36.4 Å². The molecule has 0 saturated carbocycles. The summed E-state index contributed by atoms with van der Waals surface area (Å²) in [7, 11) is -4.94. The number of aromatic amines is 1. The average molecular weight is 384 g/mol. The lowest BCUT2D eigenvalue weighted by Crippen LogP contribution is -2.68. The van der Waals surface area contributed by atoms with Crippen molar-refractivity contribution in [3.63, 3.8) is 0 Å². The normalized spacial score (nSPS) is 11.4. The zero-order valence-corrected chi connectivity index (χ0v) is 14.0. The third-order valence-corrected chi connectivity index (χ3v) is 3.14. The summed E-state index contributed by atoms with van der Waals surface area (Å²) in [6.45, 7) is 0. The van der Waals surface area contributed by atoms with E-state index in [1.54, 1.807) is 24.3 Å². The average Bonchev–Trinajstić information content (AvgIpc) is 2.53. The second-order valence-corrected chi connectivity index (χ2v) is 5.87. The Morgan fingerprint density at radius 1 is 0.960 bits per heavy atom. The minimum Gasteiger partial charge on any atom is -0.404 e. The lowest BCUT2D eigenvalue weighted by Gasteiger charge is -2.17. The van der Waals surface area contributed by atoms with Crippen molar-refractivity contribution in [1.29, 1.82) is 0 Å². The molecule has 2 aromatic carbocycles. The molecule has 130 valence electrons. The maximum Gasteiger partial charge on any atom is 0.424 e. The van der Waals surface area contributed by atoms with Crippen LogP contribution in [-0.4, -0.2) is 0 Å². The molecule has 0 bridgehead atoms. The second-order valence-electron chi connectivity index (χ2n) is 4.68. The highest BCUT2D eigenvalue weighted by molar-refractivity contribution is 6.30. The molecule has 7 nitrogen and oxygen atoms in total. The van der Waals surface area contributed by atoms with E-state index >= 15 is 0 Å². The molecule has 0 aliphatic heterocycles. The molecule has 0 atom stereocenters. The molecule has 1 heterocycles. The largest absolute Gasteiger partial charge is 0.424 e. The molecule has 9 heteroatoms. The van der Waals surface area contributed by atoms with E-state index in [1.165, 1.54) is 0 Å². The van der Waals surface area contributed by atoms with Crippen molar-refractivity contribution in [3.8, 4) is 0 Å². The van der Waals surface area contributed by atoms with Gasteiger partial charge in [0.05, 0.1) is 6.08 Å². The molecule has 0 spiro atoms. The van der Waals surface area contributed by atoms with Gasteiger partial charge < -0.3 is 4.42 Å². The number of H-pyrrole nitrogens is 1. The minimum absolute atomic E-state index is 0.164. The van der Waals surface area contributed by atoms with Gasteiger partial charge in [0.15, 0.2) is 5.58 Å². The van der Waals surface area contributed by atoms with Crippen molar-refractivity contribution in [2.24, 2.45) is 0 Å². The molecule has 0 unspecified atom stereocenters. The summed E-state index contributed by atoms with van der Waals surface area (Å²) in [6.07, 6.45) is 3.57. The highest BCUT2D eigenvalue weighted by Gasteiger charge is 2.09. The van der Waals surface area contributed by atoms with Crippen LogP contribution in [0.1, 0.15) is 11.5 Å². The summed E-state index contributed by atoms with van der Waals surface area (Å²) in [5.74, 6) is 0.406. The van der Waals surface area contributed by atoms with Crippen LogP contribution in [0.4, 0.5) is 0 Å². The minimum atomic E-state index is -4.94. The highest BCUT2D eigenvalue weighted by Crippen LogP contribution is 2.13. The van der Waals surface area contributed by atoms with Crippen LogP contribution in [0.5, 0.6) is 0 Å². The van der Waals surface area contributed by atoms with Crippen LogP contribution in [0.3, 0.4) is 0 Å². The Balaban J connectivity index is 0.000000399. The summed E-state index contributed by atoms with van der Waals surface area (Å²) < 4.78 is 39.6. The van der Waals surface area contributed by atoms with E-state index < -0.39 is 10.2 Å². The van der Waals surface area contributed by atoms with E-state index in [-0.39, 0.29) is 5.56 Å². The van der Waals surface area contributed by atoms with Crippen molar-refractivity contribution in [3.05, 3.63) is 75.4 Å². The van der Waals surface area contributed by atoms with Crippen molar-refractivity contribution < 1.29 is 38.3 Å². The van der Waals surface area contributed by atoms with Crippen molar-refractivity contribution in [2.45, 2.75) is 0 Å². The zero-order chi connectivity index (χ0) is 18.4.